The van der Waals surface area contributed by atoms with E-state index in [1.807, 2.05) is 13.8 Å². The summed E-state index contributed by atoms with van der Waals surface area (Å²) in [4.78, 5) is 15.5. The van der Waals surface area contributed by atoms with Gasteiger partial charge in [-0.2, -0.15) is 0 Å². The van der Waals surface area contributed by atoms with Crippen LogP contribution in [0, 0.1) is 6.92 Å². The Morgan fingerprint density at radius 2 is 1.90 bits per heavy atom. The number of benzene rings is 1. The summed E-state index contributed by atoms with van der Waals surface area (Å²) in [6.07, 6.45) is 6.09. The normalized spacial score (nSPS) is 14.9. The Kier molecular flexibility index (Phi) is 3.51. The summed E-state index contributed by atoms with van der Waals surface area (Å²) < 4.78 is 5.19. The molecule has 0 unspecified atom stereocenters. The average Bonchev–Trinajstić information content (AvgIpc) is 2.58. The average molecular weight is 271 g/mol. The van der Waals surface area contributed by atoms with Crippen molar-refractivity contribution >= 4 is 16.9 Å². The smallest absolute Gasteiger partial charge is 0.340 e. The molecule has 0 radical (unpaired) electrons. The van der Waals surface area contributed by atoms with Crippen LogP contribution in [0.5, 0.6) is 0 Å². The monoisotopic (exact) mass is 271 g/mol. The maximum absolute atomic E-state index is 12.1. The summed E-state index contributed by atoms with van der Waals surface area (Å²) in [5, 5.41) is 1.02. The van der Waals surface area contributed by atoms with Crippen molar-refractivity contribution in [2.24, 2.45) is 0 Å². The van der Waals surface area contributed by atoms with Gasteiger partial charge in [-0.15, -0.1) is 0 Å². The van der Waals surface area contributed by atoms with Crippen molar-refractivity contribution in [1.82, 2.24) is 4.98 Å². The van der Waals surface area contributed by atoms with Crippen LogP contribution in [-0.2, 0) is 17.6 Å². The van der Waals surface area contributed by atoms with Gasteiger partial charge in [-0.25, -0.2) is 4.79 Å². The standard InChI is InChI=1S/C17H21NO2/c1-3-20-17(19)16-11(2)18-15-10-13-8-6-4-5-7-12(13)9-14(15)16/h9-10,18H,3-8H2,1-2H3. The van der Waals surface area contributed by atoms with E-state index < -0.39 is 0 Å². The van der Waals surface area contributed by atoms with Crippen molar-refractivity contribution in [3.63, 3.8) is 0 Å². The number of nitrogens with one attached hydrogen (secondary N) is 1. The van der Waals surface area contributed by atoms with Gasteiger partial charge >= 0.3 is 5.97 Å². The van der Waals surface area contributed by atoms with Crippen molar-refractivity contribution in [3.8, 4) is 0 Å². The van der Waals surface area contributed by atoms with Crippen molar-refractivity contribution < 1.29 is 9.53 Å². The SMILES string of the molecule is CCOC(=O)c1c(C)[nH]c2cc3c(cc12)CCCCC3. The Balaban J connectivity index is 2.14. The van der Waals surface area contributed by atoms with E-state index in [4.69, 9.17) is 4.74 Å². The molecule has 0 atom stereocenters. The molecule has 3 heteroatoms. The first-order chi connectivity index (χ1) is 9.70. The van der Waals surface area contributed by atoms with E-state index in [1.54, 1.807) is 0 Å². The molecule has 1 aliphatic rings. The number of carbonyl (C=O) groups excluding carboxylic acids is 1. The zero-order chi connectivity index (χ0) is 14.1. The molecular formula is C17H21NO2. The molecule has 0 amide bonds. The molecule has 0 fully saturated rings. The maximum Gasteiger partial charge on any atom is 0.340 e. The molecule has 1 aromatic carbocycles. The minimum absolute atomic E-state index is 0.218. The van der Waals surface area contributed by atoms with Crippen LogP contribution >= 0.6 is 0 Å². The Bertz CT molecular complexity index is 655. The molecule has 0 saturated carbocycles. The summed E-state index contributed by atoms with van der Waals surface area (Å²) >= 11 is 0. The lowest BCUT2D eigenvalue weighted by Gasteiger charge is -2.07. The van der Waals surface area contributed by atoms with Crippen LogP contribution in [0.25, 0.3) is 10.9 Å². The van der Waals surface area contributed by atoms with Crippen LogP contribution in [-0.4, -0.2) is 17.6 Å². The summed E-state index contributed by atoms with van der Waals surface area (Å²) in [6, 6.07) is 4.43. The lowest BCUT2D eigenvalue weighted by atomic mass is 9.99. The summed E-state index contributed by atoms with van der Waals surface area (Å²) in [6.45, 7) is 4.20. The number of ether oxygens (including phenoxy) is 1. The summed E-state index contributed by atoms with van der Waals surface area (Å²) in [5.74, 6) is -0.218. The minimum Gasteiger partial charge on any atom is -0.462 e. The van der Waals surface area contributed by atoms with E-state index >= 15 is 0 Å². The van der Waals surface area contributed by atoms with Gasteiger partial charge in [0.25, 0.3) is 0 Å². The number of fused-ring (bicyclic) bond motifs is 2. The number of esters is 1. The number of rotatable bonds is 2. The van der Waals surface area contributed by atoms with Gasteiger partial charge in [0.05, 0.1) is 12.2 Å². The quantitative estimate of drug-likeness (QED) is 0.664. The Labute approximate surface area is 119 Å². The first-order valence-electron chi connectivity index (χ1n) is 7.52. The van der Waals surface area contributed by atoms with Gasteiger partial charge in [0.15, 0.2) is 0 Å². The minimum atomic E-state index is -0.218. The number of hydrogen-bond acceptors (Lipinski definition) is 2. The first kappa shape index (κ1) is 13.2. The third-order valence-corrected chi connectivity index (χ3v) is 4.18. The largest absolute Gasteiger partial charge is 0.462 e. The number of carbonyl (C=O) groups is 1. The van der Waals surface area contributed by atoms with Gasteiger partial charge in [0.1, 0.15) is 0 Å². The number of aromatic amines is 1. The van der Waals surface area contributed by atoms with Crippen LogP contribution in [0.3, 0.4) is 0 Å². The van der Waals surface area contributed by atoms with Gasteiger partial charge in [-0.05, 0) is 62.8 Å². The topological polar surface area (TPSA) is 42.1 Å². The number of aryl methyl sites for hydroxylation is 3. The van der Waals surface area contributed by atoms with Crippen molar-refractivity contribution in [2.75, 3.05) is 6.61 Å². The van der Waals surface area contributed by atoms with E-state index in [0.29, 0.717) is 12.2 Å². The molecule has 1 N–H and O–H groups in total. The fourth-order valence-electron chi connectivity index (χ4n) is 3.21. The Morgan fingerprint density at radius 3 is 2.60 bits per heavy atom. The van der Waals surface area contributed by atoms with Crippen molar-refractivity contribution in [2.45, 2.75) is 46.0 Å². The zero-order valence-electron chi connectivity index (χ0n) is 12.2. The highest BCUT2D eigenvalue weighted by Crippen LogP contribution is 2.29. The highest BCUT2D eigenvalue weighted by Gasteiger charge is 2.19. The lowest BCUT2D eigenvalue weighted by molar-refractivity contribution is 0.0528. The predicted molar refractivity (Wildman–Crippen MR) is 80.3 cm³/mol. The van der Waals surface area contributed by atoms with Crippen LogP contribution < -0.4 is 0 Å². The fourth-order valence-corrected chi connectivity index (χ4v) is 3.21. The number of H-pyrrole nitrogens is 1. The van der Waals surface area contributed by atoms with Crippen molar-refractivity contribution in [1.29, 1.82) is 0 Å². The molecule has 1 aliphatic carbocycles. The third kappa shape index (κ3) is 2.21. The second-order valence-electron chi connectivity index (χ2n) is 5.57. The highest BCUT2D eigenvalue weighted by molar-refractivity contribution is 6.06. The van der Waals surface area contributed by atoms with Crippen molar-refractivity contribution in [3.05, 3.63) is 34.5 Å². The molecule has 2 aromatic rings. The molecular weight excluding hydrogens is 250 g/mol. The Morgan fingerprint density at radius 1 is 1.20 bits per heavy atom. The zero-order valence-corrected chi connectivity index (χ0v) is 12.2. The maximum atomic E-state index is 12.1. The molecule has 0 saturated heterocycles. The third-order valence-electron chi connectivity index (χ3n) is 4.18. The molecule has 3 rings (SSSR count). The molecule has 1 heterocycles. The molecule has 20 heavy (non-hydrogen) atoms. The van der Waals surface area contributed by atoms with Gasteiger partial charge in [-0.1, -0.05) is 6.42 Å². The van der Waals surface area contributed by atoms with E-state index in [-0.39, 0.29) is 5.97 Å². The summed E-state index contributed by atoms with van der Waals surface area (Å²) in [7, 11) is 0. The van der Waals surface area contributed by atoms with Crippen LogP contribution in [0.1, 0.15) is 53.4 Å². The fraction of sp³-hybridized carbons (Fsp3) is 0.471. The van der Waals surface area contributed by atoms with Gasteiger partial charge in [0.2, 0.25) is 0 Å². The molecule has 0 aliphatic heterocycles. The predicted octanol–water partition coefficient (Wildman–Crippen LogP) is 3.92. The van der Waals surface area contributed by atoms with Gasteiger partial charge in [-0.3, -0.25) is 0 Å². The van der Waals surface area contributed by atoms with Crippen LogP contribution in [0.2, 0.25) is 0 Å². The lowest BCUT2D eigenvalue weighted by Crippen LogP contribution is -2.05. The molecule has 3 nitrogen and oxygen atoms in total. The molecule has 0 bridgehead atoms. The van der Waals surface area contributed by atoms with E-state index in [0.717, 1.165) is 29.4 Å². The molecule has 1 aromatic heterocycles. The van der Waals surface area contributed by atoms with Gasteiger partial charge in [0, 0.05) is 16.6 Å². The second-order valence-corrected chi connectivity index (χ2v) is 5.57. The summed E-state index contributed by atoms with van der Waals surface area (Å²) in [5.41, 5.74) is 5.50. The van der Waals surface area contributed by atoms with Gasteiger partial charge < -0.3 is 9.72 Å². The van der Waals surface area contributed by atoms with E-state index in [1.165, 1.54) is 30.4 Å². The number of aromatic nitrogens is 1. The van der Waals surface area contributed by atoms with Crippen LogP contribution in [0.4, 0.5) is 0 Å². The van der Waals surface area contributed by atoms with Crippen LogP contribution in [0.15, 0.2) is 12.1 Å². The molecule has 0 spiro atoms. The van der Waals surface area contributed by atoms with E-state index in [2.05, 4.69) is 17.1 Å². The molecule has 106 valence electrons. The number of hydrogen-bond donors (Lipinski definition) is 1. The highest BCUT2D eigenvalue weighted by atomic mass is 16.5. The Hall–Kier alpha value is -1.77. The second kappa shape index (κ2) is 5.31. The van der Waals surface area contributed by atoms with E-state index in [9.17, 15) is 4.79 Å². The first-order valence-corrected chi connectivity index (χ1v) is 7.52.